The number of aliphatic hydroxyl groups excluding tert-OH is 1. The molecule has 9 heteroatoms. The number of aliphatic hydroxyl groups is 1. The molecule has 0 saturated heterocycles. The summed E-state index contributed by atoms with van der Waals surface area (Å²) in [5.74, 6) is -0.146. The van der Waals surface area contributed by atoms with E-state index in [4.69, 9.17) is 9.05 Å². The molecule has 0 aliphatic carbocycles. The average Bonchev–Trinajstić information content (AvgIpc) is 3.20. The van der Waals surface area contributed by atoms with Crippen molar-refractivity contribution in [2.75, 3.05) is 40.9 Å². The Morgan fingerprint density at radius 2 is 0.950 bits per heavy atom. The third-order valence-electron chi connectivity index (χ3n) is 11.7. The van der Waals surface area contributed by atoms with Gasteiger partial charge < -0.3 is 19.8 Å². The van der Waals surface area contributed by atoms with E-state index in [0.717, 1.165) is 44.9 Å². The fourth-order valence-electron chi connectivity index (χ4n) is 7.61. The summed E-state index contributed by atoms with van der Waals surface area (Å²) in [6.45, 7) is 4.84. The Bertz CT molecular complexity index is 1030. The molecule has 0 aromatic carbocycles. The smallest absolute Gasteiger partial charge is 0.391 e. The van der Waals surface area contributed by atoms with E-state index in [1.807, 2.05) is 21.1 Å². The van der Waals surface area contributed by atoms with E-state index < -0.39 is 20.0 Å². The van der Waals surface area contributed by atoms with E-state index in [2.05, 4.69) is 43.5 Å². The summed E-state index contributed by atoms with van der Waals surface area (Å²) in [4.78, 5) is 23.1. The monoisotopic (exact) mass is 870 g/mol. The number of rotatable bonds is 47. The molecule has 356 valence electrons. The highest BCUT2D eigenvalue weighted by Crippen LogP contribution is 2.43. The van der Waals surface area contributed by atoms with Crippen molar-refractivity contribution in [3.63, 3.8) is 0 Å². The standard InChI is InChI=1S/C51H101N2O6P/c1-6-8-10-12-14-15-16-17-18-19-20-21-22-23-24-25-26-27-28-29-30-31-32-33-34-35-36-37-39-41-43-45-51(55)52-49(50(54)44-42-40-38-13-11-9-7-2)48-59-60(56,57)58-47-46-53(3,4)5/h16-17,19-20,49-50,54H,6-15,18,21-48H2,1-5H3,(H-,52,55,56,57)/p+1/b17-16-,20-19-. The van der Waals surface area contributed by atoms with Crippen molar-refractivity contribution < 1.29 is 32.9 Å². The summed E-state index contributed by atoms with van der Waals surface area (Å²) in [6, 6.07) is -0.754. The molecule has 8 nitrogen and oxygen atoms in total. The average molecular weight is 870 g/mol. The van der Waals surface area contributed by atoms with Crippen LogP contribution in [0.3, 0.4) is 0 Å². The molecular formula is C51H102N2O6P+. The maximum atomic E-state index is 12.9. The number of likely N-dealkylation sites (N-methyl/N-ethyl adjacent to an activating group) is 1. The quantitative estimate of drug-likeness (QED) is 0.0243. The Morgan fingerprint density at radius 1 is 0.567 bits per heavy atom. The van der Waals surface area contributed by atoms with Crippen LogP contribution in [-0.4, -0.2) is 73.4 Å². The number of carbonyl (C=O) groups is 1. The molecule has 0 spiro atoms. The zero-order valence-corrected chi connectivity index (χ0v) is 41.4. The first-order valence-corrected chi connectivity index (χ1v) is 27.2. The summed E-state index contributed by atoms with van der Waals surface area (Å²) >= 11 is 0. The number of quaternary nitrogens is 1. The van der Waals surface area contributed by atoms with Gasteiger partial charge in [-0.1, -0.05) is 218 Å². The highest BCUT2D eigenvalue weighted by Gasteiger charge is 2.28. The molecule has 1 amide bonds. The Balaban J connectivity index is 3.88. The first-order chi connectivity index (χ1) is 29.0. The lowest BCUT2D eigenvalue weighted by molar-refractivity contribution is -0.870. The molecule has 3 N–H and O–H groups in total. The molecule has 3 unspecified atom stereocenters. The summed E-state index contributed by atoms with van der Waals surface area (Å²) < 4.78 is 23.5. The Hall–Kier alpha value is -1.02. The lowest BCUT2D eigenvalue weighted by Gasteiger charge is -2.26. The van der Waals surface area contributed by atoms with E-state index in [1.54, 1.807) is 0 Å². The molecule has 0 heterocycles. The van der Waals surface area contributed by atoms with E-state index in [1.165, 1.54) is 173 Å². The van der Waals surface area contributed by atoms with Crippen molar-refractivity contribution in [2.45, 2.75) is 257 Å². The van der Waals surface area contributed by atoms with Gasteiger partial charge in [-0.25, -0.2) is 4.57 Å². The van der Waals surface area contributed by atoms with Crippen LogP contribution in [0.4, 0.5) is 0 Å². The van der Waals surface area contributed by atoms with Crippen molar-refractivity contribution in [1.29, 1.82) is 0 Å². The largest absolute Gasteiger partial charge is 0.472 e. The van der Waals surface area contributed by atoms with Crippen molar-refractivity contribution >= 4 is 13.7 Å². The van der Waals surface area contributed by atoms with E-state index >= 15 is 0 Å². The topological polar surface area (TPSA) is 105 Å². The lowest BCUT2D eigenvalue weighted by Crippen LogP contribution is -2.46. The summed E-state index contributed by atoms with van der Waals surface area (Å²) in [7, 11) is 1.62. The second kappa shape index (κ2) is 43.2. The minimum atomic E-state index is -4.30. The molecule has 0 aromatic rings. The van der Waals surface area contributed by atoms with Crippen LogP contribution in [0.1, 0.15) is 245 Å². The van der Waals surface area contributed by atoms with Crippen molar-refractivity contribution in [3.05, 3.63) is 24.3 Å². The molecule has 0 aromatic heterocycles. The van der Waals surface area contributed by atoms with Gasteiger partial charge in [0.1, 0.15) is 13.2 Å². The molecular weight excluding hydrogens is 768 g/mol. The molecule has 60 heavy (non-hydrogen) atoms. The van der Waals surface area contributed by atoms with Crippen LogP contribution in [0.15, 0.2) is 24.3 Å². The maximum Gasteiger partial charge on any atom is 0.472 e. The summed E-state index contributed by atoms with van der Waals surface area (Å²) in [5.41, 5.74) is 0. The fraction of sp³-hybridized carbons (Fsp3) is 0.902. The van der Waals surface area contributed by atoms with Gasteiger partial charge in [0.2, 0.25) is 5.91 Å². The van der Waals surface area contributed by atoms with E-state index in [-0.39, 0.29) is 19.1 Å². The Labute approximate surface area is 373 Å². The van der Waals surface area contributed by atoms with Gasteiger partial charge in [0.15, 0.2) is 0 Å². The summed E-state index contributed by atoms with van der Waals surface area (Å²) in [5, 5.41) is 13.9. The van der Waals surface area contributed by atoms with Gasteiger partial charge in [-0.05, 0) is 44.9 Å². The normalized spacial score (nSPS) is 14.3. The number of unbranched alkanes of at least 4 members (excludes halogenated alkanes) is 30. The van der Waals surface area contributed by atoms with Gasteiger partial charge in [0.05, 0.1) is 39.9 Å². The van der Waals surface area contributed by atoms with Crippen LogP contribution in [-0.2, 0) is 18.4 Å². The number of phosphoric ester groups is 1. The van der Waals surface area contributed by atoms with Gasteiger partial charge in [-0.3, -0.25) is 13.8 Å². The van der Waals surface area contributed by atoms with Crippen molar-refractivity contribution in [1.82, 2.24) is 5.32 Å². The minimum absolute atomic E-state index is 0.0760. The first kappa shape index (κ1) is 59.0. The highest BCUT2D eigenvalue weighted by atomic mass is 31.2. The van der Waals surface area contributed by atoms with Crippen LogP contribution < -0.4 is 5.32 Å². The molecule has 0 bridgehead atoms. The molecule has 0 aliphatic rings. The second-order valence-corrected chi connectivity index (χ2v) is 20.4. The number of phosphoric acid groups is 1. The number of carbonyl (C=O) groups excluding carboxylic acids is 1. The molecule has 3 atom stereocenters. The fourth-order valence-corrected chi connectivity index (χ4v) is 8.34. The SMILES string of the molecule is CCCCCCC/C=C\C/C=C\CCCCCCCCCCCCCCCCCCCCCC(=O)NC(COP(=O)(O)OCC[N+](C)(C)C)C(O)CCCCCCCCC. The van der Waals surface area contributed by atoms with Crippen LogP contribution in [0.25, 0.3) is 0 Å². The van der Waals surface area contributed by atoms with Gasteiger partial charge in [-0.15, -0.1) is 0 Å². The zero-order chi connectivity index (χ0) is 44.3. The molecule has 0 rings (SSSR count). The number of allylic oxidation sites excluding steroid dienone is 4. The van der Waals surface area contributed by atoms with Crippen LogP contribution in [0, 0.1) is 0 Å². The van der Waals surface area contributed by atoms with Crippen LogP contribution in [0.5, 0.6) is 0 Å². The van der Waals surface area contributed by atoms with E-state index in [9.17, 15) is 19.4 Å². The van der Waals surface area contributed by atoms with Crippen LogP contribution in [0.2, 0.25) is 0 Å². The Morgan fingerprint density at radius 3 is 1.37 bits per heavy atom. The van der Waals surface area contributed by atoms with Crippen molar-refractivity contribution in [2.24, 2.45) is 0 Å². The number of nitrogens with zero attached hydrogens (tertiary/aromatic N) is 1. The molecule has 0 saturated carbocycles. The molecule has 0 fully saturated rings. The lowest BCUT2D eigenvalue weighted by atomic mass is 10.0. The van der Waals surface area contributed by atoms with Crippen molar-refractivity contribution in [3.8, 4) is 0 Å². The van der Waals surface area contributed by atoms with Gasteiger partial charge in [0.25, 0.3) is 0 Å². The van der Waals surface area contributed by atoms with Gasteiger partial charge in [-0.2, -0.15) is 0 Å². The zero-order valence-electron chi connectivity index (χ0n) is 40.5. The summed E-state index contributed by atoms with van der Waals surface area (Å²) in [6.07, 6.45) is 52.6. The molecule has 0 aliphatic heterocycles. The number of hydrogen-bond donors (Lipinski definition) is 3. The third kappa shape index (κ3) is 45.0. The highest BCUT2D eigenvalue weighted by molar-refractivity contribution is 7.47. The third-order valence-corrected chi connectivity index (χ3v) is 12.7. The number of amides is 1. The predicted octanol–water partition coefficient (Wildman–Crippen LogP) is 14.9. The van der Waals surface area contributed by atoms with E-state index in [0.29, 0.717) is 23.9 Å². The molecule has 0 radical (unpaired) electrons. The second-order valence-electron chi connectivity index (χ2n) is 18.9. The van der Waals surface area contributed by atoms with Gasteiger partial charge >= 0.3 is 7.82 Å². The number of nitrogens with one attached hydrogen (secondary N) is 1. The predicted molar refractivity (Wildman–Crippen MR) is 258 cm³/mol. The Kier molecular flexibility index (Phi) is 42.5. The van der Waals surface area contributed by atoms with Gasteiger partial charge in [0, 0.05) is 6.42 Å². The maximum absolute atomic E-state index is 12.9. The minimum Gasteiger partial charge on any atom is -0.391 e. The van der Waals surface area contributed by atoms with Crippen LogP contribution >= 0.6 is 7.82 Å². The first-order valence-electron chi connectivity index (χ1n) is 25.7. The number of hydrogen-bond acceptors (Lipinski definition) is 5.